The number of benzene rings is 1. The lowest BCUT2D eigenvalue weighted by atomic mass is 10.2. The molecule has 1 aliphatic carbocycles. The molecule has 4 aromatic rings. The molecule has 0 unspecified atom stereocenters. The number of hydrogen-bond donors (Lipinski definition) is 1. The molecule has 0 aliphatic heterocycles. The van der Waals surface area contributed by atoms with Crippen molar-refractivity contribution in [2.45, 2.75) is 50.1 Å². The Balaban J connectivity index is 1.45. The van der Waals surface area contributed by atoms with Crippen LogP contribution in [0.25, 0.3) is 21.1 Å². The predicted octanol–water partition coefficient (Wildman–Crippen LogP) is 3.90. The summed E-state index contributed by atoms with van der Waals surface area (Å²) < 4.78 is 7.15. The first-order chi connectivity index (χ1) is 15.7. The Morgan fingerprint density at radius 3 is 2.97 bits per heavy atom. The molecule has 0 radical (unpaired) electrons. The zero-order chi connectivity index (χ0) is 22.1. The first kappa shape index (κ1) is 21.4. The fraction of sp³-hybridized carbons (Fsp3) is 0.391. The molecule has 1 aromatic carbocycles. The van der Waals surface area contributed by atoms with E-state index >= 15 is 0 Å². The predicted molar refractivity (Wildman–Crippen MR) is 129 cm³/mol. The minimum Gasteiger partial charge on any atom is -0.382 e. The van der Waals surface area contributed by atoms with Crippen LogP contribution in [0, 0.1) is 0 Å². The number of para-hydroxylation sites is 1. The quantitative estimate of drug-likeness (QED) is 0.240. The van der Waals surface area contributed by atoms with Gasteiger partial charge in [-0.25, -0.2) is 9.97 Å². The molecule has 3 heterocycles. The van der Waals surface area contributed by atoms with Crippen molar-refractivity contribution in [2.24, 2.45) is 0 Å². The van der Waals surface area contributed by atoms with E-state index in [0.717, 1.165) is 35.9 Å². The highest BCUT2D eigenvalue weighted by atomic mass is 32.2. The highest BCUT2D eigenvalue weighted by Gasteiger charge is 2.21. The summed E-state index contributed by atoms with van der Waals surface area (Å²) in [6, 6.07) is 7.39. The molecule has 1 aliphatic rings. The summed E-state index contributed by atoms with van der Waals surface area (Å²) in [7, 11) is 0. The Labute approximate surface area is 192 Å². The van der Waals surface area contributed by atoms with Gasteiger partial charge in [-0.3, -0.25) is 14.2 Å². The molecule has 5 rings (SSSR count). The van der Waals surface area contributed by atoms with Gasteiger partial charge >= 0.3 is 0 Å². The summed E-state index contributed by atoms with van der Waals surface area (Å²) in [6.45, 7) is 3.73. The van der Waals surface area contributed by atoms with Gasteiger partial charge < -0.3 is 9.72 Å². The average Bonchev–Trinajstić information content (AvgIpc) is 3.37. The highest BCUT2D eigenvalue weighted by Crippen LogP contribution is 2.34. The second-order valence-corrected chi connectivity index (χ2v) is 9.78. The number of nitrogens with zero attached hydrogens (tertiary/aromatic N) is 3. The van der Waals surface area contributed by atoms with Gasteiger partial charge in [0.05, 0.1) is 22.0 Å². The minimum absolute atomic E-state index is 0.0545. The van der Waals surface area contributed by atoms with Crippen LogP contribution in [0.5, 0.6) is 0 Å². The summed E-state index contributed by atoms with van der Waals surface area (Å²) in [4.78, 5) is 40.4. The Hall–Kier alpha value is -2.49. The van der Waals surface area contributed by atoms with E-state index in [1.165, 1.54) is 22.2 Å². The van der Waals surface area contributed by atoms with Crippen molar-refractivity contribution in [1.82, 2.24) is 19.5 Å². The number of thiophene rings is 1. The summed E-state index contributed by atoms with van der Waals surface area (Å²) in [5, 5.41) is 1.99. The fourth-order valence-corrected chi connectivity index (χ4v) is 6.35. The maximum atomic E-state index is 13.1. The molecule has 3 aromatic heterocycles. The van der Waals surface area contributed by atoms with E-state index in [1.54, 1.807) is 22.0 Å². The Kier molecular flexibility index (Phi) is 6.12. The number of aromatic nitrogens is 4. The van der Waals surface area contributed by atoms with E-state index < -0.39 is 0 Å². The zero-order valence-corrected chi connectivity index (χ0v) is 19.5. The van der Waals surface area contributed by atoms with Gasteiger partial charge in [0.2, 0.25) is 0 Å². The Morgan fingerprint density at radius 1 is 1.22 bits per heavy atom. The number of thioether (sulfide) groups is 1. The normalized spacial score (nSPS) is 13.3. The van der Waals surface area contributed by atoms with Gasteiger partial charge in [-0.05, 0) is 50.3 Å². The molecule has 0 bridgehead atoms. The van der Waals surface area contributed by atoms with Crippen LogP contribution in [-0.2, 0) is 29.9 Å². The van der Waals surface area contributed by atoms with Gasteiger partial charge in [-0.15, -0.1) is 11.3 Å². The van der Waals surface area contributed by atoms with Gasteiger partial charge in [0.15, 0.2) is 5.16 Å². The third-order valence-electron chi connectivity index (χ3n) is 5.66. The Morgan fingerprint density at radius 2 is 2.09 bits per heavy atom. The summed E-state index contributed by atoms with van der Waals surface area (Å²) in [6.07, 6.45) is 3.84. The molecule has 166 valence electrons. The molecule has 1 N–H and O–H groups in total. The van der Waals surface area contributed by atoms with Crippen molar-refractivity contribution >= 4 is 44.2 Å². The van der Waals surface area contributed by atoms with Gasteiger partial charge in [-0.2, -0.15) is 0 Å². The molecular weight excluding hydrogens is 444 g/mol. The Bertz CT molecular complexity index is 1410. The molecule has 0 amide bonds. The van der Waals surface area contributed by atoms with Crippen LogP contribution in [0.4, 0.5) is 0 Å². The van der Waals surface area contributed by atoms with Gasteiger partial charge in [0, 0.05) is 24.6 Å². The first-order valence-electron chi connectivity index (χ1n) is 10.9. The van der Waals surface area contributed by atoms with Crippen LogP contribution in [-0.4, -0.2) is 32.7 Å². The van der Waals surface area contributed by atoms with Gasteiger partial charge in [0.25, 0.3) is 11.1 Å². The van der Waals surface area contributed by atoms with Crippen LogP contribution in [0.2, 0.25) is 0 Å². The van der Waals surface area contributed by atoms with Crippen molar-refractivity contribution in [1.29, 1.82) is 0 Å². The largest absolute Gasteiger partial charge is 0.382 e. The monoisotopic (exact) mass is 468 g/mol. The van der Waals surface area contributed by atoms with Crippen molar-refractivity contribution < 1.29 is 4.74 Å². The summed E-state index contributed by atoms with van der Waals surface area (Å²) in [5.74, 6) is 1.04. The van der Waals surface area contributed by atoms with E-state index in [4.69, 9.17) is 14.7 Å². The summed E-state index contributed by atoms with van der Waals surface area (Å²) in [5.41, 5.74) is 1.73. The van der Waals surface area contributed by atoms with E-state index in [0.29, 0.717) is 47.4 Å². The number of rotatable bonds is 8. The molecule has 0 saturated heterocycles. The number of aryl methyl sites for hydroxylation is 2. The molecule has 9 heteroatoms. The average molecular weight is 469 g/mol. The smallest absolute Gasteiger partial charge is 0.262 e. The van der Waals surface area contributed by atoms with Crippen molar-refractivity contribution in [2.75, 3.05) is 13.2 Å². The van der Waals surface area contributed by atoms with Crippen LogP contribution < -0.4 is 11.1 Å². The second kappa shape index (κ2) is 9.17. The number of nitrogens with one attached hydrogen (secondary N) is 1. The molecule has 0 saturated carbocycles. The van der Waals surface area contributed by atoms with Crippen LogP contribution in [0.3, 0.4) is 0 Å². The van der Waals surface area contributed by atoms with E-state index in [1.807, 2.05) is 25.1 Å². The maximum Gasteiger partial charge on any atom is 0.262 e. The third-order valence-corrected chi connectivity index (χ3v) is 7.84. The second-order valence-electron chi connectivity index (χ2n) is 7.76. The molecular formula is C23H24N4O3S2. The molecule has 7 nitrogen and oxygen atoms in total. The molecule has 32 heavy (non-hydrogen) atoms. The van der Waals surface area contributed by atoms with E-state index in [-0.39, 0.29) is 11.1 Å². The molecule has 0 spiro atoms. The SMILES string of the molecule is CCOCCCn1c(SCc2nc3sc4c(c3c(=O)[nH]2)CCC4)nc2ccccc2c1=O. The minimum atomic E-state index is -0.0643. The van der Waals surface area contributed by atoms with E-state index in [9.17, 15) is 9.59 Å². The van der Waals surface area contributed by atoms with Crippen molar-refractivity contribution in [3.05, 3.63) is 61.2 Å². The number of H-pyrrole nitrogens is 1. The van der Waals surface area contributed by atoms with Crippen molar-refractivity contribution in [3.8, 4) is 0 Å². The number of hydrogen-bond acceptors (Lipinski definition) is 7. The lowest BCUT2D eigenvalue weighted by molar-refractivity contribution is 0.140. The number of fused-ring (bicyclic) bond motifs is 4. The molecule has 0 atom stereocenters. The van der Waals surface area contributed by atoms with Crippen LogP contribution >= 0.6 is 23.1 Å². The maximum absolute atomic E-state index is 13.1. The third kappa shape index (κ3) is 4.00. The number of aromatic amines is 1. The lowest BCUT2D eigenvalue weighted by Crippen LogP contribution is -2.24. The zero-order valence-electron chi connectivity index (χ0n) is 17.8. The summed E-state index contributed by atoms with van der Waals surface area (Å²) >= 11 is 3.06. The van der Waals surface area contributed by atoms with Crippen molar-refractivity contribution in [3.63, 3.8) is 0 Å². The number of ether oxygens (including phenoxy) is 1. The molecule has 0 fully saturated rings. The van der Waals surface area contributed by atoms with E-state index in [2.05, 4.69) is 4.98 Å². The van der Waals surface area contributed by atoms with Crippen LogP contribution in [0.1, 0.15) is 36.0 Å². The van der Waals surface area contributed by atoms with Crippen LogP contribution in [0.15, 0.2) is 39.0 Å². The standard InChI is InChI=1S/C23H24N4O3S2/c1-2-30-12-6-11-27-22(29)14-7-3-4-9-16(14)24-23(27)31-13-18-25-20(28)19-15-8-5-10-17(15)32-21(19)26-18/h3-4,7,9H,2,5-6,8,10-13H2,1H3,(H,25,26,28). The van der Waals surface area contributed by atoms with Gasteiger partial charge in [-0.1, -0.05) is 23.9 Å². The lowest BCUT2D eigenvalue weighted by Gasteiger charge is -2.13. The highest BCUT2D eigenvalue weighted by molar-refractivity contribution is 7.98. The fourth-order valence-electron chi connectivity index (χ4n) is 4.17. The first-order valence-corrected chi connectivity index (χ1v) is 12.7. The topological polar surface area (TPSA) is 89.9 Å². The van der Waals surface area contributed by atoms with Gasteiger partial charge in [0.1, 0.15) is 10.7 Å².